The average molecular weight is 549 g/mol. The first-order valence-corrected chi connectivity index (χ1v) is 12.7. The molecule has 208 valence electrons. The van der Waals surface area contributed by atoms with Crippen LogP contribution in [-0.2, 0) is 14.9 Å². The van der Waals surface area contributed by atoms with Gasteiger partial charge in [0, 0.05) is 51.8 Å². The van der Waals surface area contributed by atoms with Gasteiger partial charge in [-0.25, -0.2) is 0 Å². The monoisotopic (exact) mass is 548 g/mol. The van der Waals surface area contributed by atoms with Crippen LogP contribution in [0.5, 0.6) is 23.0 Å². The third-order valence-corrected chi connectivity index (χ3v) is 8.64. The first-order valence-electron chi connectivity index (χ1n) is 12.7. The Balaban J connectivity index is 2.15. The number of benzene rings is 4. The Hall–Kier alpha value is -4.15. The number of aliphatic hydroxyl groups excluding tert-OH is 2. The van der Waals surface area contributed by atoms with Gasteiger partial charge in [-0.1, -0.05) is 0 Å². The molecule has 4 aromatic rings. The number of phenols is 1. The number of rotatable bonds is 7. The Morgan fingerprint density at radius 2 is 1.50 bits per heavy atom. The molecule has 6 rings (SSSR count). The number of ether oxygens (including phenoxy) is 4. The first-order chi connectivity index (χ1) is 19.0. The predicted molar refractivity (Wildman–Crippen MR) is 147 cm³/mol. The molecule has 2 aliphatic rings. The maximum Gasteiger partial charge on any atom is 0.194 e. The summed E-state index contributed by atoms with van der Waals surface area (Å²) in [5, 5.41) is 35.8. The van der Waals surface area contributed by atoms with Crippen LogP contribution in [0.3, 0.4) is 0 Å². The van der Waals surface area contributed by atoms with Gasteiger partial charge in [0.1, 0.15) is 29.1 Å². The Labute approximate surface area is 227 Å². The molecule has 0 heterocycles. The Morgan fingerprint density at radius 3 is 2.02 bits per heavy atom. The minimum absolute atomic E-state index is 0.0342. The fourth-order valence-electron chi connectivity index (χ4n) is 7.66. The molecule has 0 radical (unpaired) electrons. The zero-order chi connectivity index (χ0) is 29.0. The fourth-order valence-corrected chi connectivity index (χ4v) is 7.66. The number of aliphatic hydroxyl groups is 2. The summed E-state index contributed by atoms with van der Waals surface area (Å²) in [5.74, 6) is -2.06. The third-order valence-electron chi connectivity index (χ3n) is 8.64. The number of fused-ring (bicyclic) bond motifs is 1. The lowest BCUT2D eigenvalue weighted by atomic mass is 9.61. The first kappa shape index (κ1) is 26.1. The van der Waals surface area contributed by atoms with Crippen molar-refractivity contribution < 1.29 is 39.1 Å². The van der Waals surface area contributed by atoms with E-state index in [0.717, 1.165) is 0 Å². The van der Waals surface area contributed by atoms with E-state index in [1.54, 1.807) is 6.92 Å². The molecule has 4 atom stereocenters. The summed E-state index contributed by atoms with van der Waals surface area (Å²) in [5.41, 5.74) is -1.80. The highest BCUT2D eigenvalue weighted by Gasteiger charge is 2.61. The van der Waals surface area contributed by atoms with E-state index in [4.69, 9.17) is 18.9 Å². The largest absolute Gasteiger partial charge is 0.509 e. The van der Waals surface area contributed by atoms with E-state index in [9.17, 15) is 29.7 Å². The topological polar surface area (TPSA) is 149 Å². The van der Waals surface area contributed by atoms with Crippen molar-refractivity contribution in [2.75, 3.05) is 28.4 Å². The van der Waals surface area contributed by atoms with Gasteiger partial charge >= 0.3 is 0 Å². The number of carbonyl (C=O) groups is 1. The van der Waals surface area contributed by atoms with Gasteiger partial charge in [-0.05, 0) is 31.2 Å². The number of Topliss-reactive ketones (excluding diaryl/α,β-unsaturated/α-hetero) is 1. The van der Waals surface area contributed by atoms with E-state index in [2.05, 4.69) is 0 Å². The van der Waals surface area contributed by atoms with Gasteiger partial charge in [0.15, 0.2) is 22.4 Å². The van der Waals surface area contributed by atoms with Gasteiger partial charge in [0.25, 0.3) is 0 Å². The van der Waals surface area contributed by atoms with E-state index in [1.165, 1.54) is 47.5 Å². The molecule has 10 nitrogen and oxygen atoms in total. The number of hydrogen-bond acceptors (Lipinski definition) is 10. The molecular formula is C30H28O10. The van der Waals surface area contributed by atoms with Crippen LogP contribution in [0.2, 0.25) is 0 Å². The number of methoxy groups -OCH3 is 4. The minimum atomic E-state index is -1.44. The highest BCUT2D eigenvalue weighted by molar-refractivity contribution is 6.31. The zero-order valence-electron chi connectivity index (χ0n) is 22.8. The van der Waals surface area contributed by atoms with Crippen LogP contribution in [0, 0.1) is 0 Å². The van der Waals surface area contributed by atoms with E-state index in [-0.39, 0.29) is 45.6 Å². The van der Waals surface area contributed by atoms with Crippen molar-refractivity contribution in [2.24, 2.45) is 0 Å². The van der Waals surface area contributed by atoms with Crippen LogP contribution in [-0.4, -0.2) is 61.7 Å². The second-order valence-electron chi connectivity index (χ2n) is 10.6. The Kier molecular flexibility index (Phi) is 5.49. The molecule has 0 aromatic heterocycles. The lowest BCUT2D eigenvalue weighted by Crippen LogP contribution is -2.53. The van der Waals surface area contributed by atoms with E-state index < -0.39 is 45.9 Å². The zero-order valence-corrected chi connectivity index (χ0v) is 22.8. The normalized spacial score (nSPS) is 22.0. The summed E-state index contributed by atoms with van der Waals surface area (Å²) < 4.78 is 22.9. The molecule has 0 saturated heterocycles. The highest BCUT2D eigenvalue weighted by atomic mass is 16.5. The number of phenolic OH excluding ortho intramolecular Hbond substituents is 1. The van der Waals surface area contributed by atoms with Gasteiger partial charge in [-0.15, -0.1) is 0 Å². The van der Waals surface area contributed by atoms with E-state index in [1.807, 2.05) is 0 Å². The molecule has 0 amide bonds. The molecule has 0 spiro atoms. The summed E-state index contributed by atoms with van der Waals surface area (Å²) in [4.78, 5) is 40.8. The van der Waals surface area contributed by atoms with Crippen LogP contribution in [0.4, 0.5) is 0 Å². The molecule has 40 heavy (non-hydrogen) atoms. The maximum atomic E-state index is 13.7. The van der Waals surface area contributed by atoms with Crippen molar-refractivity contribution in [3.05, 3.63) is 48.9 Å². The van der Waals surface area contributed by atoms with Gasteiger partial charge in [0.2, 0.25) is 0 Å². The lowest BCUT2D eigenvalue weighted by molar-refractivity contribution is -0.122. The number of carbonyl (C=O) groups excluding carboxylic acids is 1. The van der Waals surface area contributed by atoms with E-state index >= 15 is 0 Å². The SMILES string of the molecule is COc1c2c3c4c5c(c(=O)cc(OC)c5c5c(OC)cc(=O)c(c1O)c35)=C(O)C(OC)C4(CC(C)O)C2C(C)=O. The second kappa shape index (κ2) is 8.42. The summed E-state index contributed by atoms with van der Waals surface area (Å²) in [6.45, 7) is 2.93. The molecule has 10 heteroatoms. The lowest BCUT2D eigenvalue weighted by Gasteiger charge is -2.44. The van der Waals surface area contributed by atoms with E-state index in [0.29, 0.717) is 32.5 Å². The van der Waals surface area contributed by atoms with Gasteiger partial charge in [-0.2, -0.15) is 0 Å². The Morgan fingerprint density at radius 1 is 0.900 bits per heavy atom. The van der Waals surface area contributed by atoms with Crippen LogP contribution in [0.15, 0.2) is 21.7 Å². The molecule has 0 aliphatic heterocycles. The third kappa shape index (κ3) is 2.77. The predicted octanol–water partition coefficient (Wildman–Crippen LogP) is 2.14. The summed E-state index contributed by atoms with van der Waals surface area (Å²) >= 11 is 0. The maximum absolute atomic E-state index is 13.7. The Bertz CT molecular complexity index is 1960. The number of hydrogen-bond donors (Lipinski definition) is 3. The molecule has 4 unspecified atom stereocenters. The van der Waals surface area contributed by atoms with Gasteiger partial charge in [0.05, 0.1) is 44.0 Å². The molecule has 0 bridgehead atoms. The molecular weight excluding hydrogens is 520 g/mol. The molecule has 3 N–H and O–H groups in total. The summed E-state index contributed by atoms with van der Waals surface area (Å²) in [6, 6.07) is 2.47. The fraction of sp³-hybridized carbons (Fsp3) is 0.367. The van der Waals surface area contributed by atoms with Gasteiger partial charge in [-0.3, -0.25) is 14.4 Å². The van der Waals surface area contributed by atoms with Crippen molar-refractivity contribution in [2.45, 2.75) is 43.8 Å². The van der Waals surface area contributed by atoms with Crippen molar-refractivity contribution in [3.8, 4) is 23.0 Å². The number of ketones is 1. The van der Waals surface area contributed by atoms with Gasteiger partial charge < -0.3 is 34.3 Å². The molecule has 2 aliphatic carbocycles. The molecule has 0 saturated carbocycles. The van der Waals surface area contributed by atoms with Crippen LogP contribution >= 0.6 is 0 Å². The standard InChI is InChI=1S/C30H28O10/c1-10(31)9-30-24(11(2)32)23-22-20-16(26(35)28(23)39-5)12(33)7-14(37-3)18(20)19-15(38-4)8-13(34)17(21(19)25(22)30)27(36)29(30)40-6/h7-8,10,24,29,31,35-36H,9H2,1-6H3. The van der Waals surface area contributed by atoms with Crippen LogP contribution in [0.25, 0.3) is 38.1 Å². The average Bonchev–Trinajstić information content (AvgIpc) is 3.19. The van der Waals surface area contributed by atoms with Crippen molar-refractivity contribution >= 4 is 43.9 Å². The van der Waals surface area contributed by atoms with Crippen LogP contribution in [0.1, 0.15) is 37.3 Å². The smallest absolute Gasteiger partial charge is 0.194 e. The quantitative estimate of drug-likeness (QED) is 0.232. The summed E-state index contributed by atoms with van der Waals surface area (Å²) in [6.07, 6.45) is -2.29. The molecule has 4 aromatic carbocycles. The summed E-state index contributed by atoms with van der Waals surface area (Å²) in [7, 11) is 5.45. The highest BCUT2D eigenvalue weighted by Crippen LogP contribution is 2.65. The van der Waals surface area contributed by atoms with Crippen LogP contribution < -0.4 is 30.3 Å². The number of aromatic hydroxyl groups is 1. The minimum Gasteiger partial charge on any atom is -0.509 e. The molecule has 0 fully saturated rings. The van der Waals surface area contributed by atoms with Crippen molar-refractivity contribution in [3.63, 3.8) is 0 Å². The van der Waals surface area contributed by atoms with Crippen molar-refractivity contribution in [1.82, 2.24) is 0 Å². The van der Waals surface area contributed by atoms with Crippen molar-refractivity contribution in [1.29, 1.82) is 0 Å². The second-order valence-corrected chi connectivity index (χ2v) is 10.6.